The first kappa shape index (κ1) is 12.0. The predicted molar refractivity (Wildman–Crippen MR) is 61.4 cm³/mol. The molecule has 0 aromatic heterocycles. The van der Waals surface area contributed by atoms with E-state index in [-0.39, 0.29) is 0 Å². The van der Waals surface area contributed by atoms with Gasteiger partial charge in [0.2, 0.25) is 0 Å². The molecular formula is C11H25N3. The number of rotatable bonds is 6. The van der Waals surface area contributed by atoms with Gasteiger partial charge in [0.25, 0.3) is 0 Å². The van der Waals surface area contributed by atoms with Gasteiger partial charge in [-0.2, -0.15) is 0 Å². The highest BCUT2D eigenvalue weighted by molar-refractivity contribution is 4.83. The van der Waals surface area contributed by atoms with Crippen LogP contribution in [0.3, 0.4) is 0 Å². The summed E-state index contributed by atoms with van der Waals surface area (Å²) < 4.78 is 0. The molecule has 0 saturated heterocycles. The van der Waals surface area contributed by atoms with Crippen LogP contribution in [0.1, 0.15) is 25.7 Å². The van der Waals surface area contributed by atoms with Crippen molar-refractivity contribution in [3.63, 3.8) is 0 Å². The predicted octanol–water partition coefficient (Wildman–Crippen LogP) is 0.655. The maximum atomic E-state index is 5.73. The number of nitrogens with zero attached hydrogens (tertiary/aromatic N) is 1. The van der Waals surface area contributed by atoms with Gasteiger partial charge in [-0.25, -0.2) is 0 Å². The average Bonchev–Trinajstić information content (AvgIpc) is 2.59. The second kappa shape index (κ2) is 6.38. The van der Waals surface area contributed by atoms with Crippen molar-refractivity contribution in [3.8, 4) is 0 Å². The van der Waals surface area contributed by atoms with Crippen LogP contribution in [0.4, 0.5) is 0 Å². The minimum Gasteiger partial charge on any atom is -0.330 e. The van der Waals surface area contributed by atoms with E-state index in [0.29, 0.717) is 6.04 Å². The average molecular weight is 199 g/mol. The Morgan fingerprint density at radius 3 is 2.79 bits per heavy atom. The highest BCUT2D eigenvalue weighted by atomic mass is 15.1. The number of nitrogens with one attached hydrogen (secondary N) is 1. The Balaban J connectivity index is 2.05. The zero-order chi connectivity index (χ0) is 10.4. The van der Waals surface area contributed by atoms with Crippen LogP contribution in [-0.4, -0.2) is 44.7 Å². The van der Waals surface area contributed by atoms with Crippen molar-refractivity contribution in [1.82, 2.24) is 10.2 Å². The van der Waals surface area contributed by atoms with E-state index < -0.39 is 0 Å². The summed E-state index contributed by atoms with van der Waals surface area (Å²) in [5, 5.41) is 3.63. The van der Waals surface area contributed by atoms with Crippen molar-refractivity contribution in [2.24, 2.45) is 11.7 Å². The smallest absolute Gasteiger partial charge is 0.0107 e. The fraction of sp³-hybridized carbons (Fsp3) is 1.00. The summed E-state index contributed by atoms with van der Waals surface area (Å²) >= 11 is 0. The molecule has 14 heavy (non-hydrogen) atoms. The van der Waals surface area contributed by atoms with E-state index in [4.69, 9.17) is 5.73 Å². The van der Waals surface area contributed by atoms with Crippen LogP contribution in [0, 0.1) is 5.92 Å². The van der Waals surface area contributed by atoms with Gasteiger partial charge in [-0.15, -0.1) is 0 Å². The lowest BCUT2D eigenvalue weighted by Gasteiger charge is -2.20. The van der Waals surface area contributed by atoms with Crippen LogP contribution < -0.4 is 11.1 Å². The highest BCUT2D eigenvalue weighted by Crippen LogP contribution is 2.24. The molecule has 0 amide bonds. The van der Waals surface area contributed by atoms with Gasteiger partial charge in [-0.3, -0.25) is 0 Å². The SMILES string of the molecule is CN(C)CCCNC1CCCC1CN. The number of hydrogen-bond acceptors (Lipinski definition) is 3. The Morgan fingerprint density at radius 1 is 1.36 bits per heavy atom. The van der Waals surface area contributed by atoms with E-state index in [0.717, 1.165) is 19.0 Å². The van der Waals surface area contributed by atoms with Crippen molar-refractivity contribution in [3.05, 3.63) is 0 Å². The number of nitrogens with two attached hydrogens (primary N) is 1. The molecule has 2 unspecified atom stereocenters. The van der Waals surface area contributed by atoms with Crippen molar-refractivity contribution in [2.75, 3.05) is 33.7 Å². The summed E-state index contributed by atoms with van der Waals surface area (Å²) in [7, 11) is 4.25. The third-order valence-corrected chi connectivity index (χ3v) is 3.15. The first-order valence-corrected chi connectivity index (χ1v) is 5.82. The fourth-order valence-electron chi connectivity index (χ4n) is 2.27. The van der Waals surface area contributed by atoms with Gasteiger partial charge in [-0.05, 0) is 58.9 Å². The monoisotopic (exact) mass is 199 g/mol. The summed E-state index contributed by atoms with van der Waals surface area (Å²) in [4.78, 5) is 2.23. The third kappa shape index (κ3) is 3.95. The summed E-state index contributed by atoms with van der Waals surface area (Å²) in [6.45, 7) is 3.16. The molecule has 0 aliphatic heterocycles. The Kier molecular flexibility index (Phi) is 5.45. The molecule has 2 atom stereocenters. The Morgan fingerprint density at radius 2 is 2.14 bits per heavy atom. The molecule has 3 N–H and O–H groups in total. The molecule has 0 aromatic rings. The van der Waals surface area contributed by atoms with E-state index in [1.54, 1.807) is 0 Å². The lowest BCUT2D eigenvalue weighted by Crippen LogP contribution is -2.37. The van der Waals surface area contributed by atoms with E-state index >= 15 is 0 Å². The molecule has 3 heteroatoms. The molecule has 1 fully saturated rings. The molecule has 1 rings (SSSR count). The van der Waals surface area contributed by atoms with E-state index in [1.807, 2.05) is 0 Å². The van der Waals surface area contributed by atoms with Crippen molar-refractivity contribution >= 4 is 0 Å². The largest absolute Gasteiger partial charge is 0.330 e. The van der Waals surface area contributed by atoms with Crippen LogP contribution >= 0.6 is 0 Å². The third-order valence-electron chi connectivity index (χ3n) is 3.15. The lowest BCUT2D eigenvalue weighted by molar-refractivity contribution is 0.365. The van der Waals surface area contributed by atoms with Crippen LogP contribution in [0.2, 0.25) is 0 Å². The van der Waals surface area contributed by atoms with Gasteiger partial charge in [0.05, 0.1) is 0 Å². The maximum Gasteiger partial charge on any atom is 0.0107 e. The molecule has 0 radical (unpaired) electrons. The molecule has 0 spiro atoms. The molecule has 1 aliphatic carbocycles. The maximum absolute atomic E-state index is 5.73. The van der Waals surface area contributed by atoms with Crippen molar-refractivity contribution in [2.45, 2.75) is 31.7 Å². The van der Waals surface area contributed by atoms with Crippen LogP contribution in [0.15, 0.2) is 0 Å². The summed E-state index contributed by atoms with van der Waals surface area (Å²) in [5.41, 5.74) is 5.73. The minimum atomic E-state index is 0.696. The molecule has 0 bridgehead atoms. The number of hydrogen-bond donors (Lipinski definition) is 2. The van der Waals surface area contributed by atoms with Gasteiger partial charge in [-0.1, -0.05) is 6.42 Å². The molecule has 84 valence electrons. The molecule has 0 heterocycles. The molecule has 0 aromatic carbocycles. The summed E-state index contributed by atoms with van der Waals surface area (Å²) in [6.07, 6.45) is 5.24. The zero-order valence-corrected chi connectivity index (χ0v) is 9.63. The van der Waals surface area contributed by atoms with E-state index in [2.05, 4.69) is 24.3 Å². The first-order chi connectivity index (χ1) is 6.74. The van der Waals surface area contributed by atoms with Gasteiger partial charge in [0.1, 0.15) is 0 Å². The molecule has 3 nitrogen and oxygen atoms in total. The Bertz CT molecular complexity index is 147. The van der Waals surface area contributed by atoms with Gasteiger partial charge in [0, 0.05) is 6.04 Å². The van der Waals surface area contributed by atoms with E-state index in [1.165, 1.54) is 32.2 Å². The first-order valence-electron chi connectivity index (χ1n) is 5.82. The quantitative estimate of drug-likeness (QED) is 0.617. The van der Waals surface area contributed by atoms with Crippen molar-refractivity contribution in [1.29, 1.82) is 0 Å². The Hall–Kier alpha value is -0.120. The zero-order valence-electron chi connectivity index (χ0n) is 9.63. The molecule has 1 saturated carbocycles. The lowest BCUT2D eigenvalue weighted by atomic mass is 10.0. The van der Waals surface area contributed by atoms with Crippen LogP contribution in [0.5, 0.6) is 0 Å². The molecule has 1 aliphatic rings. The van der Waals surface area contributed by atoms with Crippen LogP contribution in [-0.2, 0) is 0 Å². The van der Waals surface area contributed by atoms with Gasteiger partial charge in [0.15, 0.2) is 0 Å². The highest BCUT2D eigenvalue weighted by Gasteiger charge is 2.24. The van der Waals surface area contributed by atoms with Gasteiger partial charge < -0.3 is 16.0 Å². The second-order valence-corrected chi connectivity index (χ2v) is 4.64. The summed E-state index contributed by atoms with van der Waals surface area (Å²) in [6, 6.07) is 0.696. The fourth-order valence-corrected chi connectivity index (χ4v) is 2.27. The molecular weight excluding hydrogens is 174 g/mol. The van der Waals surface area contributed by atoms with Crippen molar-refractivity contribution < 1.29 is 0 Å². The Labute approximate surface area is 88.0 Å². The normalized spacial score (nSPS) is 27.4. The van der Waals surface area contributed by atoms with Gasteiger partial charge >= 0.3 is 0 Å². The summed E-state index contributed by atoms with van der Waals surface area (Å²) in [5.74, 6) is 0.731. The van der Waals surface area contributed by atoms with E-state index in [9.17, 15) is 0 Å². The second-order valence-electron chi connectivity index (χ2n) is 4.64. The minimum absolute atomic E-state index is 0.696. The standard InChI is InChI=1S/C11H25N3/c1-14(2)8-4-7-13-11-6-3-5-10(11)9-12/h10-11,13H,3-9,12H2,1-2H3. The van der Waals surface area contributed by atoms with Crippen LogP contribution in [0.25, 0.3) is 0 Å². The topological polar surface area (TPSA) is 41.3 Å².